The Morgan fingerprint density at radius 1 is 1.16 bits per heavy atom. The fourth-order valence-electron chi connectivity index (χ4n) is 3.15. The van der Waals surface area contributed by atoms with E-state index >= 15 is 0 Å². The van der Waals surface area contributed by atoms with E-state index in [2.05, 4.69) is 9.97 Å². The van der Waals surface area contributed by atoms with Crippen LogP contribution in [0.3, 0.4) is 0 Å². The summed E-state index contributed by atoms with van der Waals surface area (Å²) in [5, 5.41) is 11.3. The summed E-state index contributed by atoms with van der Waals surface area (Å²) in [6, 6.07) is 11.7. The van der Waals surface area contributed by atoms with Gasteiger partial charge in [-0.05, 0) is 30.3 Å². The van der Waals surface area contributed by atoms with Crippen LogP contribution in [0.5, 0.6) is 0 Å². The van der Waals surface area contributed by atoms with Gasteiger partial charge in [0.25, 0.3) is 5.56 Å². The summed E-state index contributed by atoms with van der Waals surface area (Å²) < 4.78 is 16.2. The second-order valence-corrected chi connectivity index (χ2v) is 6.83. The molecular formula is C18H10FN3O2S. The number of aliphatic hydroxyl groups is 1. The van der Waals surface area contributed by atoms with Gasteiger partial charge in [0, 0.05) is 0 Å². The fraction of sp³-hybridized carbons (Fsp3) is 0.0556. The van der Waals surface area contributed by atoms with Crippen molar-refractivity contribution in [2.45, 2.75) is 6.54 Å². The second kappa shape index (κ2) is 4.97. The standard InChI is InChI=1S/C18H10FN3O2S/c19-9-5-6-12-10(7-9)17(24)21-16-15(13(23)8-22(12)16)18-20-11-3-1-2-4-14(11)25-18/h1-7,23H,8H2. The summed E-state index contributed by atoms with van der Waals surface area (Å²) >= 11 is 1.43. The fourth-order valence-corrected chi connectivity index (χ4v) is 4.18. The smallest absolute Gasteiger partial charge is 0.281 e. The van der Waals surface area contributed by atoms with Crippen LogP contribution < -0.4 is 5.56 Å². The molecule has 0 amide bonds. The largest absolute Gasteiger partial charge is 0.510 e. The van der Waals surface area contributed by atoms with E-state index in [0.29, 0.717) is 21.9 Å². The number of hydrogen-bond acceptors (Lipinski definition) is 5. The lowest BCUT2D eigenvalue weighted by Gasteiger charge is -2.08. The van der Waals surface area contributed by atoms with E-state index in [9.17, 15) is 14.3 Å². The minimum Gasteiger partial charge on any atom is -0.510 e. The van der Waals surface area contributed by atoms with Crippen LogP contribution >= 0.6 is 11.3 Å². The predicted octanol–water partition coefficient (Wildman–Crippen LogP) is 3.48. The van der Waals surface area contributed by atoms with Crippen molar-refractivity contribution in [1.82, 2.24) is 14.5 Å². The van der Waals surface area contributed by atoms with Crippen LogP contribution in [-0.4, -0.2) is 19.6 Å². The van der Waals surface area contributed by atoms with Crippen molar-refractivity contribution in [3.8, 4) is 0 Å². The van der Waals surface area contributed by atoms with E-state index in [4.69, 9.17) is 0 Å². The Hall–Kier alpha value is -3.06. The van der Waals surface area contributed by atoms with Crippen LogP contribution in [0.2, 0.25) is 0 Å². The molecule has 7 heteroatoms. The molecule has 0 saturated carbocycles. The zero-order valence-electron chi connectivity index (χ0n) is 12.7. The third kappa shape index (κ3) is 2.02. The highest BCUT2D eigenvalue weighted by molar-refractivity contribution is 7.19. The van der Waals surface area contributed by atoms with E-state index in [1.165, 1.54) is 29.5 Å². The van der Waals surface area contributed by atoms with Crippen LogP contribution in [0, 0.1) is 5.82 Å². The van der Waals surface area contributed by atoms with E-state index in [-0.39, 0.29) is 17.7 Å². The number of aliphatic hydroxyl groups excluding tert-OH is 1. The van der Waals surface area contributed by atoms with E-state index in [0.717, 1.165) is 10.2 Å². The molecule has 122 valence electrons. The Balaban J connectivity index is 1.79. The Bertz CT molecular complexity index is 1240. The van der Waals surface area contributed by atoms with E-state index in [1.807, 2.05) is 24.3 Å². The Morgan fingerprint density at radius 2 is 2.00 bits per heavy atom. The first-order chi connectivity index (χ1) is 12.1. The topological polar surface area (TPSA) is 68.0 Å². The van der Waals surface area contributed by atoms with Crippen LogP contribution in [0.4, 0.5) is 4.39 Å². The van der Waals surface area contributed by atoms with Crippen molar-refractivity contribution in [2.24, 2.45) is 0 Å². The molecule has 0 atom stereocenters. The summed E-state index contributed by atoms with van der Waals surface area (Å²) in [5.74, 6) is -0.0306. The summed E-state index contributed by atoms with van der Waals surface area (Å²) in [5.41, 5.74) is 1.31. The molecule has 0 saturated heterocycles. The average Bonchev–Trinajstić information content (AvgIpc) is 3.15. The highest BCUT2D eigenvalue weighted by Crippen LogP contribution is 2.36. The Labute approximate surface area is 144 Å². The molecule has 0 fully saturated rings. The quantitative estimate of drug-likeness (QED) is 0.570. The van der Waals surface area contributed by atoms with Gasteiger partial charge in [-0.25, -0.2) is 9.37 Å². The maximum absolute atomic E-state index is 13.5. The SMILES string of the molecule is O=c1nc2n(c3ccc(F)cc13)CC(O)=C2c1nc2ccccc2s1. The monoisotopic (exact) mass is 351 g/mol. The van der Waals surface area contributed by atoms with Gasteiger partial charge in [-0.3, -0.25) is 4.79 Å². The Morgan fingerprint density at radius 3 is 2.84 bits per heavy atom. The summed E-state index contributed by atoms with van der Waals surface area (Å²) in [6.07, 6.45) is 0. The van der Waals surface area contributed by atoms with Crippen LogP contribution in [-0.2, 0) is 6.54 Å². The number of benzene rings is 2. The summed E-state index contributed by atoms with van der Waals surface area (Å²) in [4.78, 5) is 21.0. The first kappa shape index (κ1) is 14.3. The predicted molar refractivity (Wildman–Crippen MR) is 94.2 cm³/mol. The first-order valence-corrected chi connectivity index (χ1v) is 8.42. The molecule has 0 spiro atoms. The molecule has 1 aliphatic heterocycles. The molecule has 5 nitrogen and oxygen atoms in total. The number of allylic oxidation sites excluding steroid dienone is 1. The highest BCUT2D eigenvalue weighted by atomic mass is 32.1. The average molecular weight is 351 g/mol. The molecule has 1 aliphatic rings. The number of hydrogen-bond donors (Lipinski definition) is 1. The zero-order valence-corrected chi connectivity index (χ0v) is 13.5. The summed E-state index contributed by atoms with van der Waals surface area (Å²) in [6.45, 7) is 0.177. The molecule has 3 heterocycles. The maximum Gasteiger partial charge on any atom is 0.281 e. The number of rotatable bonds is 1. The molecule has 0 radical (unpaired) electrons. The van der Waals surface area contributed by atoms with Gasteiger partial charge < -0.3 is 9.67 Å². The summed E-state index contributed by atoms with van der Waals surface area (Å²) in [7, 11) is 0. The molecule has 2 aromatic heterocycles. The van der Waals surface area contributed by atoms with Gasteiger partial charge in [0.15, 0.2) is 5.82 Å². The van der Waals surface area contributed by atoms with Crippen LogP contribution in [0.25, 0.3) is 26.7 Å². The lowest BCUT2D eigenvalue weighted by Crippen LogP contribution is -2.15. The number of para-hydroxylation sites is 1. The number of nitrogens with zero attached hydrogens (tertiary/aromatic N) is 3. The van der Waals surface area contributed by atoms with Crippen molar-refractivity contribution in [3.63, 3.8) is 0 Å². The molecular weight excluding hydrogens is 341 g/mol. The third-order valence-electron chi connectivity index (χ3n) is 4.27. The lowest BCUT2D eigenvalue weighted by molar-refractivity contribution is 0.389. The van der Waals surface area contributed by atoms with Gasteiger partial charge >= 0.3 is 0 Å². The normalized spacial score (nSPS) is 13.8. The second-order valence-electron chi connectivity index (χ2n) is 5.80. The number of aromatic nitrogens is 3. The minimum atomic E-state index is -0.519. The molecule has 5 rings (SSSR count). The van der Waals surface area contributed by atoms with Crippen LogP contribution in [0.15, 0.2) is 53.0 Å². The number of thiazole rings is 1. The van der Waals surface area contributed by atoms with Gasteiger partial charge in [-0.2, -0.15) is 4.98 Å². The third-order valence-corrected chi connectivity index (χ3v) is 5.32. The Kier molecular flexibility index (Phi) is 2.84. The van der Waals surface area contributed by atoms with Gasteiger partial charge in [0.1, 0.15) is 16.6 Å². The molecule has 0 bridgehead atoms. The van der Waals surface area contributed by atoms with Gasteiger partial charge in [-0.15, -0.1) is 11.3 Å². The van der Waals surface area contributed by atoms with Crippen molar-refractivity contribution in [2.75, 3.05) is 0 Å². The van der Waals surface area contributed by atoms with Gasteiger partial charge in [0.05, 0.1) is 33.2 Å². The number of halogens is 1. The zero-order chi connectivity index (χ0) is 17.1. The van der Waals surface area contributed by atoms with Crippen molar-refractivity contribution in [1.29, 1.82) is 0 Å². The van der Waals surface area contributed by atoms with Gasteiger partial charge in [0.2, 0.25) is 0 Å². The van der Waals surface area contributed by atoms with Gasteiger partial charge in [-0.1, -0.05) is 12.1 Å². The molecule has 4 aromatic rings. The van der Waals surface area contributed by atoms with E-state index < -0.39 is 11.4 Å². The van der Waals surface area contributed by atoms with Crippen LogP contribution in [0.1, 0.15) is 10.8 Å². The maximum atomic E-state index is 13.5. The van der Waals surface area contributed by atoms with Crippen molar-refractivity contribution < 1.29 is 9.50 Å². The molecule has 0 aliphatic carbocycles. The molecule has 0 unspecified atom stereocenters. The molecule has 2 aromatic carbocycles. The first-order valence-electron chi connectivity index (χ1n) is 7.60. The van der Waals surface area contributed by atoms with E-state index in [1.54, 1.807) is 4.57 Å². The van der Waals surface area contributed by atoms with Crippen molar-refractivity contribution >= 4 is 38.0 Å². The van der Waals surface area contributed by atoms with Crippen molar-refractivity contribution in [3.05, 3.63) is 75.2 Å². The molecule has 25 heavy (non-hydrogen) atoms. The molecule has 1 N–H and O–H groups in total. The highest BCUT2D eigenvalue weighted by Gasteiger charge is 2.28. The lowest BCUT2D eigenvalue weighted by atomic mass is 10.2. The minimum absolute atomic E-state index is 0.0998. The number of fused-ring (bicyclic) bond motifs is 4.